The van der Waals surface area contributed by atoms with Gasteiger partial charge in [0.05, 0.1) is 13.7 Å². The van der Waals surface area contributed by atoms with E-state index < -0.39 is 10.0 Å². The number of sulfonamides is 1. The van der Waals surface area contributed by atoms with Gasteiger partial charge in [0.2, 0.25) is 15.9 Å². The van der Waals surface area contributed by atoms with Crippen molar-refractivity contribution >= 4 is 21.6 Å². The van der Waals surface area contributed by atoms with Crippen molar-refractivity contribution in [2.24, 2.45) is 0 Å². The summed E-state index contributed by atoms with van der Waals surface area (Å²) >= 11 is 0. The molecule has 0 atom stereocenters. The second kappa shape index (κ2) is 8.61. The summed E-state index contributed by atoms with van der Waals surface area (Å²) in [6.07, 6.45) is 4.45. The maximum atomic E-state index is 13.0. The van der Waals surface area contributed by atoms with E-state index in [1.54, 1.807) is 18.1 Å². The molecule has 1 amide bonds. The van der Waals surface area contributed by atoms with E-state index in [0.717, 1.165) is 24.3 Å². The third kappa shape index (κ3) is 4.41. The predicted octanol–water partition coefficient (Wildman–Crippen LogP) is 1.59. The van der Waals surface area contributed by atoms with Gasteiger partial charge in [-0.25, -0.2) is 8.42 Å². The van der Waals surface area contributed by atoms with Gasteiger partial charge in [-0.15, -0.1) is 0 Å². The molecule has 0 spiro atoms. The Hall–Kier alpha value is -2.65. The number of methoxy groups -OCH3 is 1. The third-order valence-electron chi connectivity index (χ3n) is 5.56. The first-order valence-electron chi connectivity index (χ1n) is 10.1. The van der Waals surface area contributed by atoms with E-state index in [1.165, 1.54) is 22.8 Å². The van der Waals surface area contributed by atoms with Crippen molar-refractivity contribution in [2.45, 2.75) is 23.8 Å². The van der Waals surface area contributed by atoms with Crippen molar-refractivity contribution in [3.63, 3.8) is 0 Å². The standard InChI is InChI=1S/C21H26N4O4S/c1-29-19-8-6-17(7-9-19)23-11-13-24(14-12-23)21(26)16-25(18-4-5-18)30(27,28)20-3-2-10-22-15-20/h2-3,6-10,15,18H,4-5,11-14,16H2,1H3. The van der Waals surface area contributed by atoms with Crippen LogP contribution in [0.1, 0.15) is 12.8 Å². The van der Waals surface area contributed by atoms with Gasteiger partial charge in [0.25, 0.3) is 0 Å². The van der Waals surface area contributed by atoms with Gasteiger partial charge in [-0.3, -0.25) is 9.78 Å². The Morgan fingerprint density at radius 3 is 2.40 bits per heavy atom. The monoisotopic (exact) mass is 430 g/mol. The van der Waals surface area contributed by atoms with Gasteiger partial charge in [-0.1, -0.05) is 0 Å². The molecule has 2 fully saturated rings. The van der Waals surface area contributed by atoms with Crippen LogP contribution in [0.3, 0.4) is 0 Å². The van der Waals surface area contributed by atoms with Gasteiger partial charge in [-0.05, 0) is 49.2 Å². The molecule has 0 radical (unpaired) electrons. The van der Waals surface area contributed by atoms with Crippen molar-refractivity contribution in [1.29, 1.82) is 0 Å². The smallest absolute Gasteiger partial charge is 0.245 e. The lowest BCUT2D eigenvalue weighted by atomic mass is 10.2. The number of ether oxygens (including phenoxy) is 1. The number of carbonyl (C=O) groups excluding carboxylic acids is 1. The van der Waals surface area contributed by atoms with Crippen LogP contribution in [0, 0.1) is 0 Å². The number of benzene rings is 1. The molecule has 9 heteroatoms. The minimum absolute atomic E-state index is 0.0975. The van der Waals surface area contributed by atoms with Gasteiger partial charge in [-0.2, -0.15) is 4.31 Å². The molecule has 4 rings (SSSR count). The van der Waals surface area contributed by atoms with E-state index in [1.807, 2.05) is 24.3 Å². The first kappa shape index (κ1) is 20.6. The fourth-order valence-corrected chi connectivity index (χ4v) is 5.25. The van der Waals surface area contributed by atoms with Gasteiger partial charge >= 0.3 is 0 Å². The molecule has 1 saturated carbocycles. The Labute approximate surface area is 177 Å². The highest BCUT2D eigenvalue weighted by Crippen LogP contribution is 2.32. The van der Waals surface area contributed by atoms with Gasteiger partial charge in [0.15, 0.2) is 0 Å². The zero-order valence-corrected chi connectivity index (χ0v) is 17.8. The van der Waals surface area contributed by atoms with E-state index in [9.17, 15) is 13.2 Å². The van der Waals surface area contributed by atoms with Crippen LogP contribution in [-0.2, 0) is 14.8 Å². The molecule has 1 aliphatic carbocycles. The molecule has 1 saturated heterocycles. The number of nitrogens with zero attached hydrogens (tertiary/aromatic N) is 4. The van der Waals surface area contributed by atoms with E-state index >= 15 is 0 Å². The lowest BCUT2D eigenvalue weighted by Gasteiger charge is -2.37. The first-order chi connectivity index (χ1) is 14.5. The summed E-state index contributed by atoms with van der Waals surface area (Å²) in [6.45, 7) is 2.42. The Balaban J connectivity index is 1.38. The molecular weight excluding hydrogens is 404 g/mol. The first-order valence-corrected chi connectivity index (χ1v) is 11.5. The maximum Gasteiger partial charge on any atom is 0.245 e. The number of carbonyl (C=O) groups is 1. The fraction of sp³-hybridized carbons (Fsp3) is 0.429. The molecular formula is C21H26N4O4S. The quantitative estimate of drug-likeness (QED) is 0.664. The van der Waals surface area contributed by atoms with Crippen LogP contribution >= 0.6 is 0 Å². The van der Waals surface area contributed by atoms with Crippen LogP contribution < -0.4 is 9.64 Å². The molecule has 0 N–H and O–H groups in total. The van der Waals surface area contributed by atoms with Gasteiger partial charge < -0.3 is 14.5 Å². The Morgan fingerprint density at radius 1 is 1.13 bits per heavy atom. The second-order valence-corrected chi connectivity index (χ2v) is 9.43. The number of rotatable bonds is 7. The van der Waals surface area contributed by atoms with Crippen LogP contribution in [0.5, 0.6) is 5.75 Å². The molecule has 2 heterocycles. The number of piperazine rings is 1. The lowest BCUT2D eigenvalue weighted by Crippen LogP contribution is -2.52. The molecule has 2 aliphatic rings. The molecule has 1 aromatic heterocycles. The summed E-state index contributed by atoms with van der Waals surface area (Å²) in [5.41, 5.74) is 1.08. The Kier molecular flexibility index (Phi) is 5.92. The van der Waals surface area contributed by atoms with E-state index in [0.29, 0.717) is 26.2 Å². The van der Waals surface area contributed by atoms with Crippen LogP contribution in [-0.4, -0.2) is 74.4 Å². The minimum atomic E-state index is -3.73. The topological polar surface area (TPSA) is 83.0 Å². The van der Waals surface area contributed by atoms with Crippen molar-refractivity contribution in [2.75, 3.05) is 44.7 Å². The average Bonchev–Trinajstić information content (AvgIpc) is 3.63. The number of hydrogen-bond donors (Lipinski definition) is 0. The molecule has 0 unspecified atom stereocenters. The fourth-order valence-electron chi connectivity index (χ4n) is 3.65. The van der Waals surface area contributed by atoms with Crippen LogP contribution in [0.15, 0.2) is 53.7 Å². The largest absolute Gasteiger partial charge is 0.497 e. The third-order valence-corrected chi connectivity index (χ3v) is 7.44. The normalized spacial score (nSPS) is 17.3. The number of anilines is 1. The zero-order chi connectivity index (χ0) is 21.1. The van der Waals surface area contributed by atoms with Crippen molar-refractivity contribution in [3.8, 4) is 5.75 Å². The zero-order valence-electron chi connectivity index (χ0n) is 17.0. The molecule has 2 aromatic rings. The lowest BCUT2D eigenvalue weighted by molar-refractivity contribution is -0.131. The van der Waals surface area contributed by atoms with Gasteiger partial charge in [0.1, 0.15) is 10.6 Å². The number of pyridine rings is 1. The average molecular weight is 431 g/mol. The summed E-state index contributed by atoms with van der Waals surface area (Å²) in [7, 11) is -2.09. The summed E-state index contributed by atoms with van der Waals surface area (Å²) < 4.78 is 32.6. The Bertz CT molecular complexity index is 970. The number of amides is 1. The van der Waals surface area contributed by atoms with Gasteiger partial charge in [0, 0.05) is 50.3 Å². The van der Waals surface area contributed by atoms with E-state index in [-0.39, 0.29) is 23.4 Å². The van der Waals surface area contributed by atoms with E-state index in [4.69, 9.17) is 4.74 Å². The number of aromatic nitrogens is 1. The van der Waals surface area contributed by atoms with Crippen molar-refractivity contribution in [1.82, 2.24) is 14.2 Å². The summed E-state index contributed by atoms with van der Waals surface area (Å²) in [5.74, 6) is 0.659. The summed E-state index contributed by atoms with van der Waals surface area (Å²) in [5, 5.41) is 0. The summed E-state index contributed by atoms with van der Waals surface area (Å²) in [4.78, 5) is 20.9. The highest BCUT2D eigenvalue weighted by molar-refractivity contribution is 7.89. The molecule has 30 heavy (non-hydrogen) atoms. The Morgan fingerprint density at radius 2 is 1.83 bits per heavy atom. The molecule has 160 valence electrons. The van der Waals surface area contributed by atoms with Crippen LogP contribution in [0.25, 0.3) is 0 Å². The van der Waals surface area contributed by atoms with Crippen LogP contribution in [0.4, 0.5) is 5.69 Å². The minimum Gasteiger partial charge on any atom is -0.497 e. The number of hydrogen-bond acceptors (Lipinski definition) is 6. The second-order valence-electron chi connectivity index (χ2n) is 7.54. The maximum absolute atomic E-state index is 13.0. The highest BCUT2D eigenvalue weighted by atomic mass is 32.2. The summed E-state index contributed by atoms with van der Waals surface area (Å²) in [6, 6.07) is 10.9. The predicted molar refractivity (Wildman–Crippen MR) is 113 cm³/mol. The van der Waals surface area contributed by atoms with Crippen LogP contribution in [0.2, 0.25) is 0 Å². The highest BCUT2D eigenvalue weighted by Gasteiger charge is 2.40. The van der Waals surface area contributed by atoms with E-state index in [2.05, 4.69) is 9.88 Å². The molecule has 1 aliphatic heterocycles. The molecule has 0 bridgehead atoms. The molecule has 8 nitrogen and oxygen atoms in total. The van der Waals surface area contributed by atoms with Crippen molar-refractivity contribution < 1.29 is 17.9 Å². The SMILES string of the molecule is COc1ccc(N2CCN(C(=O)CN(C3CC3)S(=O)(=O)c3cccnc3)CC2)cc1. The molecule has 1 aromatic carbocycles. The van der Waals surface area contributed by atoms with Crippen molar-refractivity contribution in [3.05, 3.63) is 48.8 Å².